The maximum atomic E-state index is 12.7. The standard InChI is InChI=1S/C26H34N8O4/c1-2-26(28,16-35)23(36)32-9-11-33(12-10-32)24(37)29-21-7-8-34(25(38)30-21)18-5-3-17(4-6-18)13-31-14-19-20(15-31)22(19)27/h2-8,19-20,22,35H,1,9-16,27-28H2,(H,29,30,37,38). The number of aliphatic hydroxyl groups is 1. The number of urea groups is 1. The summed E-state index contributed by atoms with van der Waals surface area (Å²) < 4.78 is 1.42. The van der Waals surface area contributed by atoms with Crippen molar-refractivity contribution in [2.45, 2.75) is 18.1 Å². The molecular weight excluding hydrogens is 488 g/mol. The van der Waals surface area contributed by atoms with E-state index in [9.17, 15) is 19.5 Å². The Morgan fingerprint density at radius 2 is 1.74 bits per heavy atom. The molecule has 202 valence electrons. The van der Waals surface area contributed by atoms with E-state index in [1.807, 2.05) is 24.3 Å². The minimum absolute atomic E-state index is 0.144. The van der Waals surface area contributed by atoms with Crippen molar-refractivity contribution in [3.05, 3.63) is 65.2 Å². The fourth-order valence-corrected chi connectivity index (χ4v) is 5.29. The molecule has 2 saturated heterocycles. The quantitative estimate of drug-likeness (QED) is 0.343. The second-order valence-corrected chi connectivity index (χ2v) is 10.3. The highest BCUT2D eigenvalue weighted by Crippen LogP contribution is 2.44. The molecule has 3 amide bonds. The molecule has 1 aromatic heterocycles. The van der Waals surface area contributed by atoms with Crippen LogP contribution in [-0.4, -0.2) is 98.8 Å². The fourth-order valence-electron chi connectivity index (χ4n) is 5.29. The van der Waals surface area contributed by atoms with Crippen LogP contribution in [-0.2, 0) is 11.3 Å². The number of nitrogens with one attached hydrogen (secondary N) is 1. The molecule has 2 aliphatic heterocycles. The van der Waals surface area contributed by atoms with Crippen LogP contribution in [0.1, 0.15) is 5.56 Å². The van der Waals surface area contributed by atoms with Crippen molar-refractivity contribution in [3.8, 4) is 5.69 Å². The first kappa shape index (κ1) is 26.0. The van der Waals surface area contributed by atoms with Crippen LogP contribution in [0.3, 0.4) is 0 Å². The van der Waals surface area contributed by atoms with Crippen molar-refractivity contribution < 1.29 is 14.7 Å². The number of aromatic nitrogens is 2. The van der Waals surface area contributed by atoms with E-state index < -0.39 is 29.8 Å². The van der Waals surface area contributed by atoms with Crippen LogP contribution in [0, 0.1) is 11.8 Å². The third-order valence-electron chi connectivity index (χ3n) is 7.87. The lowest BCUT2D eigenvalue weighted by Crippen LogP contribution is -2.61. The number of rotatable bonds is 7. The Kier molecular flexibility index (Phi) is 7.05. The number of likely N-dealkylation sites (tertiary alicyclic amines) is 1. The SMILES string of the molecule is C=CC(N)(CO)C(=O)N1CCN(C(=O)Nc2ccn(-c3ccc(CN4CC5C(N)C5C4)cc3)c(=O)n2)CC1. The second kappa shape index (κ2) is 10.3. The lowest BCUT2D eigenvalue weighted by atomic mass is 10.00. The van der Waals surface area contributed by atoms with Gasteiger partial charge in [-0.2, -0.15) is 4.98 Å². The van der Waals surface area contributed by atoms with Crippen LogP contribution < -0.4 is 22.5 Å². The number of nitrogens with two attached hydrogens (primary N) is 2. The number of carbonyl (C=O) groups excluding carboxylic acids is 2. The van der Waals surface area contributed by atoms with Gasteiger partial charge in [-0.15, -0.1) is 6.58 Å². The average Bonchev–Trinajstić information content (AvgIpc) is 3.31. The summed E-state index contributed by atoms with van der Waals surface area (Å²) >= 11 is 0. The van der Waals surface area contributed by atoms with Gasteiger partial charge in [0.2, 0.25) is 5.91 Å². The zero-order valence-electron chi connectivity index (χ0n) is 21.2. The van der Waals surface area contributed by atoms with Crippen molar-refractivity contribution in [3.63, 3.8) is 0 Å². The number of amides is 3. The number of piperidine rings is 1. The molecule has 3 heterocycles. The van der Waals surface area contributed by atoms with Gasteiger partial charge >= 0.3 is 11.7 Å². The normalized spacial score (nSPS) is 24.4. The maximum Gasteiger partial charge on any atom is 0.354 e. The number of aliphatic hydroxyl groups excluding tert-OH is 1. The molecule has 3 aliphatic rings. The molecule has 1 aliphatic carbocycles. The third kappa shape index (κ3) is 5.07. The Bertz CT molecular complexity index is 1260. The molecular formula is C26H34N8O4. The largest absolute Gasteiger partial charge is 0.394 e. The van der Waals surface area contributed by atoms with Gasteiger partial charge in [-0.1, -0.05) is 18.2 Å². The molecule has 5 rings (SSSR count). The van der Waals surface area contributed by atoms with Gasteiger partial charge in [-0.25, -0.2) is 9.59 Å². The van der Waals surface area contributed by atoms with Gasteiger partial charge in [0.25, 0.3) is 0 Å². The van der Waals surface area contributed by atoms with Crippen molar-refractivity contribution in [2.75, 3.05) is 51.2 Å². The summed E-state index contributed by atoms with van der Waals surface area (Å²) in [4.78, 5) is 47.4. The van der Waals surface area contributed by atoms with Crippen molar-refractivity contribution in [1.82, 2.24) is 24.3 Å². The van der Waals surface area contributed by atoms with E-state index in [1.54, 1.807) is 12.3 Å². The van der Waals surface area contributed by atoms with Gasteiger partial charge in [0, 0.05) is 58.1 Å². The summed E-state index contributed by atoms with van der Waals surface area (Å²) in [7, 11) is 0. The van der Waals surface area contributed by atoms with Crippen LogP contribution >= 0.6 is 0 Å². The lowest BCUT2D eigenvalue weighted by molar-refractivity contribution is -0.137. The average molecular weight is 523 g/mol. The molecule has 12 nitrogen and oxygen atoms in total. The number of fused-ring (bicyclic) bond motifs is 1. The van der Waals surface area contributed by atoms with E-state index in [-0.39, 0.29) is 32.0 Å². The lowest BCUT2D eigenvalue weighted by Gasteiger charge is -2.38. The highest BCUT2D eigenvalue weighted by atomic mass is 16.3. The Hall–Kier alpha value is -3.58. The predicted molar refractivity (Wildman–Crippen MR) is 141 cm³/mol. The Labute approximate surface area is 220 Å². The minimum Gasteiger partial charge on any atom is -0.394 e. The number of nitrogens with zero attached hydrogens (tertiary/aromatic N) is 5. The van der Waals surface area contributed by atoms with Gasteiger partial charge in [-0.05, 0) is 35.6 Å². The molecule has 3 unspecified atom stereocenters. The Morgan fingerprint density at radius 1 is 1.11 bits per heavy atom. The van der Waals surface area contributed by atoms with Gasteiger partial charge in [-0.3, -0.25) is 19.6 Å². The number of hydrogen-bond acceptors (Lipinski definition) is 8. The van der Waals surface area contributed by atoms with E-state index in [4.69, 9.17) is 11.5 Å². The summed E-state index contributed by atoms with van der Waals surface area (Å²) in [5.74, 6) is 0.996. The van der Waals surface area contributed by atoms with Gasteiger partial charge in [0.1, 0.15) is 11.4 Å². The second-order valence-electron chi connectivity index (χ2n) is 10.3. The zero-order valence-corrected chi connectivity index (χ0v) is 21.2. The molecule has 38 heavy (non-hydrogen) atoms. The fraction of sp³-hybridized carbons (Fsp3) is 0.462. The molecule has 3 fully saturated rings. The first-order valence-electron chi connectivity index (χ1n) is 12.8. The number of benzene rings is 1. The summed E-state index contributed by atoms with van der Waals surface area (Å²) in [6, 6.07) is 9.32. The van der Waals surface area contributed by atoms with Crippen molar-refractivity contribution in [1.29, 1.82) is 0 Å². The number of carbonyl (C=O) groups is 2. The van der Waals surface area contributed by atoms with Crippen LogP contribution in [0.25, 0.3) is 5.69 Å². The van der Waals surface area contributed by atoms with Crippen LogP contribution in [0.2, 0.25) is 0 Å². The first-order valence-corrected chi connectivity index (χ1v) is 12.8. The summed E-state index contributed by atoms with van der Waals surface area (Å²) in [5, 5.41) is 12.1. The molecule has 0 bridgehead atoms. The number of anilines is 1. The molecule has 0 spiro atoms. The third-order valence-corrected chi connectivity index (χ3v) is 7.87. The molecule has 0 radical (unpaired) electrons. The predicted octanol–water partition coefficient (Wildman–Crippen LogP) is -0.827. The topological polar surface area (TPSA) is 163 Å². The van der Waals surface area contributed by atoms with E-state index in [0.717, 1.165) is 19.6 Å². The zero-order chi connectivity index (χ0) is 27.0. The molecule has 6 N–H and O–H groups in total. The van der Waals surface area contributed by atoms with Crippen molar-refractivity contribution in [2.24, 2.45) is 23.3 Å². The van der Waals surface area contributed by atoms with Crippen LogP contribution in [0.15, 0.2) is 54.0 Å². The highest BCUT2D eigenvalue weighted by molar-refractivity contribution is 5.90. The summed E-state index contributed by atoms with van der Waals surface area (Å²) in [5.41, 5.74) is 11.7. The van der Waals surface area contributed by atoms with E-state index in [1.165, 1.54) is 26.0 Å². The van der Waals surface area contributed by atoms with Gasteiger partial charge in [0.05, 0.1) is 12.3 Å². The van der Waals surface area contributed by atoms with Crippen LogP contribution in [0.4, 0.5) is 10.6 Å². The van der Waals surface area contributed by atoms with E-state index in [2.05, 4.69) is 21.8 Å². The highest BCUT2D eigenvalue weighted by Gasteiger charge is 2.53. The molecule has 1 saturated carbocycles. The smallest absolute Gasteiger partial charge is 0.354 e. The monoisotopic (exact) mass is 522 g/mol. The first-order chi connectivity index (χ1) is 18.2. The molecule has 2 aromatic rings. The molecule has 3 atom stereocenters. The Balaban J connectivity index is 1.14. The molecule has 1 aromatic carbocycles. The van der Waals surface area contributed by atoms with E-state index in [0.29, 0.717) is 23.6 Å². The van der Waals surface area contributed by atoms with Crippen molar-refractivity contribution >= 4 is 17.8 Å². The van der Waals surface area contributed by atoms with Crippen LogP contribution in [0.5, 0.6) is 0 Å². The summed E-state index contributed by atoms with van der Waals surface area (Å²) in [6.45, 7) is 6.99. The Morgan fingerprint density at radius 3 is 2.32 bits per heavy atom. The molecule has 12 heteroatoms. The van der Waals surface area contributed by atoms with Gasteiger partial charge < -0.3 is 26.4 Å². The minimum atomic E-state index is -1.54. The maximum absolute atomic E-state index is 12.7. The number of piperazine rings is 1. The van der Waals surface area contributed by atoms with Gasteiger partial charge in [0.15, 0.2) is 0 Å². The van der Waals surface area contributed by atoms with E-state index >= 15 is 0 Å². The number of hydrogen-bond donors (Lipinski definition) is 4. The summed E-state index contributed by atoms with van der Waals surface area (Å²) in [6.07, 6.45) is 2.81.